The Morgan fingerprint density at radius 2 is 1.73 bits per heavy atom. The van der Waals surface area contributed by atoms with Crippen molar-refractivity contribution in [1.82, 2.24) is 5.32 Å². The molecule has 0 bridgehead atoms. The van der Waals surface area contributed by atoms with Crippen molar-refractivity contribution in [3.05, 3.63) is 59.7 Å². The summed E-state index contributed by atoms with van der Waals surface area (Å²) in [7, 11) is 1.61. The Morgan fingerprint density at radius 3 is 2.31 bits per heavy atom. The number of carbonyl (C=O) groups excluding carboxylic acids is 1. The number of halogens is 3. The minimum Gasteiger partial charge on any atom is -0.497 e. The van der Waals surface area contributed by atoms with Gasteiger partial charge < -0.3 is 10.1 Å². The fourth-order valence-electron chi connectivity index (χ4n) is 2.23. The summed E-state index contributed by atoms with van der Waals surface area (Å²) >= 11 is 1.58. The van der Waals surface area contributed by atoms with Crippen LogP contribution in [0.2, 0.25) is 0 Å². The average Bonchev–Trinajstić information content (AvgIpc) is 2.62. The number of nitrogens with one attached hydrogen (secondary N) is 1. The van der Waals surface area contributed by atoms with Gasteiger partial charge in [-0.05, 0) is 48.4 Å². The minimum absolute atomic E-state index is 0.0714. The molecule has 0 spiro atoms. The first kappa shape index (κ1) is 20.2. The lowest BCUT2D eigenvalue weighted by atomic mass is 10.1. The van der Waals surface area contributed by atoms with Crippen molar-refractivity contribution in [2.24, 2.45) is 0 Å². The van der Waals surface area contributed by atoms with Gasteiger partial charge in [-0.15, -0.1) is 11.8 Å². The van der Waals surface area contributed by atoms with Crippen LogP contribution in [0.25, 0.3) is 0 Å². The highest BCUT2D eigenvalue weighted by Gasteiger charge is 2.29. The van der Waals surface area contributed by atoms with E-state index in [-0.39, 0.29) is 5.91 Å². The lowest BCUT2D eigenvalue weighted by Gasteiger charge is -2.08. The number of hydrogen-bond acceptors (Lipinski definition) is 3. The molecule has 2 aromatic rings. The van der Waals surface area contributed by atoms with Crippen molar-refractivity contribution in [2.45, 2.75) is 23.9 Å². The Bertz CT molecular complexity index is 700. The largest absolute Gasteiger partial charge is 0.497 e. The number of carbonyl (C=O) groups is 1. The van der Waals surface area contributed by atoms with Crippen molar-refractivity contribution in [2.75, 3.05) is 19.4 Å². The zero-order valence-corrected chi connectivity index (χ0v) is 15.1. The third kappa shape index (κ3) is 6.63. The van der Waals surface area contributed by atoms with Gasteiger partial charge in [0.05, 0.1) is 12.7 Å². The van der Waals surface area contributed by atoms with Crippen LogP contribution in [-0.2, 0) is 17.4 Å². The lowest BCUT2D eigenvalue weighted by Crippen LogP contribution is -2.25. The molecule has 0 radical (unpaired) electrons. The van der Waals surface area contributed by atoms with Crippen LogP contribution >= 0.6 is 11.8 Å². The van der Waals surface area contributed by atoms with Crippen LogP contribution in [0.15, 0.2) is 53.4 Å². The molecule has 2 aromatic carbocycles. The molecule has 0 aliphatic heterocycles. The summed E-state index contributed by atoms with van der Waals surface area (Å²) in [5.74, 6) is 1.37. The number of alkyl halides is 3. The molecule has 0 aromatic heterocycles. The topological polar surface area (TPSA) is 38.3 Å². The molecule has 0 aliphatic carbocycles. The molecule has 0 atom stereocenters. The molecule has 2 rings (SSSR count). The first-order valence-electron chi connectivity index (χ1n) is 8.08. The molecular weight excluding hydrogens is 363 g/mol. The quantitative estimate of drug-likeness (QED) is 0.680. The van der Waals surface area contributed by atoms with Crippen molar-refractivity contribution >= 4 is 17.7 Å². The molecule has 7 heteroatoms. The summed E-state index contributed by atoms with van der Waals surface area (Å²) in [6.45, 7) is 0.400. The summed E-state index contributed by atoms with van der Waals surface area (Å²) in [5, 5.41) is 2.79. The van der Waals surface area contributed by atoms with E-state index in [0.717, 1.165) is 28.3 Å². The molecule has 0 saturated carbocycles. The Morgan fingerprint density at radius 1 is 1.08 bits per heavy atom. The van der Waals surface area contributed by atoms with E-state index in [2.05, 4.69) is 5.32 Å². The Balaban J connectivity index is 1.65. The van der Waals surface area contributed by atoms with Crippen molar-refractivity contribution in [1.29, 1.82) is 0 Å². The van der Waals surface area contributed by atoms with Gasteiger partial charge >= 0.3 is 6.18 Å². The summed E-state index contributed by atoms with van der Waals surface area (Å²) in [6.07, 6.45) is -3.45. The third-order valence-electron chi connectivity index (χ3n) is 3.67. The molecule has 26 heavy (non-hydrogen) atoms. The predicted octanol–water partition coefficient (Wildman–Crippen LogP) is 4.56. The van der Waals surface area contributed by atoms with E-state index in [0.29, 0.717) is 25.1 Å². The van der Waals surface area contributed by atoms with Crippen molar-refractivity contribution in [3.63, 3.8) is 0 Å². The molecule has 1 N–H and O–H groups in total. The number of hydrogen-bond donors (Lipinski definition) is 1. The third-order valence-corrected chi connectivity index (χ3v) is 4.69. The molecule has 0 heterocycles. The van der Waals surface area contributed by atoms with Gasteiger partial charge in [-0.25, -0.2) is 0 Å². The number of thioether (sulfide) groups is 1. The SMILES string of the molecule is COc1ccc(SCCC(=O)NCCc2ccc(C(F)(F)F)cc2)cc1. The van der Waals surface area contributed by atoms with Crippen LogP contribution < -0.4 is 10.1 Å². The second-order valence-electron chi connectivity index (χ2n) is 5.57. The van der Waals surface area contributed by atoms with E-state index in [9.17, 15) is 18.0 Å². The zero-order valence-electron chi connectivity index (χ0n) is 14.3. The first-order valence-corrected chi connectivity index (χ1v) is 9.07. The molecular formula is C19H20F3NO2S. The maximum absolute atomic E-state index is 12.5. The Kier molecular flexibility index (Phi) is 7.38. The van der Waals surface area contributed by atoms with E-state index < -0.39 is 11.7 Å². The standard InChI is InChI=1S/C19H20F3NO2S/c1-25-16-6-8-17(9-7-16)26-13-11-18(24)23-12-10-14-2-4-15(5-3-14)19(20,21)22/h2-9H,10-13H2,1H3,(H,23,24). The fraction of sp³-hybridized carbons (Fsp3) is 0.316. The van der Waals surface area contributed by atoms with Gasteiger partial charge in [0.15, 0.2) is 0 Å². The number of benzene rings is 2. The molecule has 0 aliphatic rings. The maximum Gasteiger partial charge on any atom is 0.416 e. The molecule has 140 valence electrons. The van der Waals surface area contributed by atoms with Crippen molar-refractivity contribution in [3.8, 4) is 5.75 Å². The Labute approximate surface area is 154 Å². The van der Waals surface area contributed by atoms with Crippen LogP contribution in [-0.4, -0.2) is 25.3 Å². The van der Waals surface area contributed by atoms with E-state index >= 15 is 0 Å². The van der Waals surface area contributed by atoms with Gasteiger partial charge in [-0.1, -0.05) is 12.1 Å². The summed E-state index contributed by atoms with van der Waals surface area (Å²) < 4.78 is 42.6. The van der Waals surface area contributed by atoms with Gasteiger partial charge in [-0.3, -0.25) is 4.79 Å². The van der Waals surface area contributed by atoms with Crippen molar-refractivity contribution < 1.29 is 22.7 Å². The van der Waals surface area contributed by atoms with Crippen LogP contribution in [0.4, 0.5) is 13.2 Å². The maximum atomic E-state index is 12.5. The highest BCUT2D eigenvalue weighted by Crippen LogP contribution is 2.29. The number of ether oxygens (including phenoxy) is 1. The minimum atomic E-state index is -4.33. The molecule has 0 saturated heterocycles. The normalized spacial score (nSPS) is 11.2. The zero-order chi connectivity index (χ0) is 19.0. The molecule has 0 fully saturated rings. The van der Waals surface area contributed by atoms with Crippen LogP contribution in [0.3, 0.4) is 0 Å². The van der Waals surface area contributed by atoms with E-state index in [1.54, 1.807) is 18.9 Å². The smallest absolute Gasteiger partial charge is 0.416 e. The molecule has 0 unspecified atom stereocenters. The fourth-order valence-corrected chi connectivity index (χ4v) is 3.08. The van der Waals surface area contributed by atoms with Crippen LogP contribution in [0, 0.1) is 0 Å². The predicted molar refractivity (Wildman–Crippen MR) is 96.5 cm³/mol. The van der Waals surface area contributed by atoms with Gasteiger partial charge in [-0.2, -0.15) is 13.2 Å². The highest BCUT2D eigenvalue weighted by atomic mass is 32.2. The first-order chi connectivity index (χ1) is 12.4. The summed E-state index contributed by atoms with van der Waals surface area (Å²) in [4.78, 5) is 12.9. The van der Waals surface area contributed by atoms with Crippen LogP contribution in [0.5, 0.6) is 5.75 Å². The van der Waals surface area contributed by atoms with Gasteiger partial charge in [0.1, 0.15) is 5.75 Å². The molecule has 1 amide bonds. The van der Waals surface area contributed by atoms with E-state index in [1.807, 2.05) is 24.3 Å². The number of methoxy groups -OCH3 is 1. The van der Waals surface area contributed by atoms with Gasteiger partial charge in [0.25, 0.3) is 0 Å². The summed E-state index contributed by atoms with van der Waals surface area (Å²) in [5.41, 5.74) is 0.0896. The second-order valence-corrected chi connectivity index (χ2v) is 6.74. The van der Waals surface area contributed by atoms with E-state index in [4.69, 9.17) is 4.74 Å². The second kappa shape index (κ2) is 9.52. The number of rotatable bonds is 8. The van der Waals surface area contributed by atoms with Gasteiger partial charge in [0.2, 0.25) is 5.91 Å². The lowest BCUT2D eigenvalue weighted by molar-refractivity contribution is -0.137. The number of amides is 1. The monoisotopic (exact) mass is 383 g/mol. The van der Waals surface area contributed by atoms with E-state index in [1.165, 1.54) is 12.1 Å². The molecule has 3 nitrogen and oxygen atoms in total. The van der Waals surface area contributed by atoms with Gasteiger partial charge in [0, 0.05) is 23.6 Å². The summed E-state index contributed by atoms with van der Waals surface area (Å²) in [6, 6.07) is 12.6. The Hall–Kier alpha value is -2.15. The highest BCUT2D eigenvalue weighted by molar-refractivity contribution is 7.99. The van der Waals surface area contributed by atoms with Crippen LogP contribution in [0.1, 0.15) is 17.5 Å². The average molecular weight is 383 g/mol.